The zero-order valence-electron chi connectivity index (χ0n) is 8.77. The van der Waals surface area contributed by atoms with Gasteiger partial charge in [-0.2, -0.15) is 0 Å². The molecule has 3 aliphatic heterocycles. The minimum absolute atomic E-state index is 0. The molecule has 0 aromatic carbocycles. The van der Waals surface area contributed by atoms with Gasteiger partial charge in [0.2, 0.25) is 0 Å². The number of nitrogens with zero attached hydrogens (tertiary/aromatic N) is 2. The predicted octanol–water partition coefficient (Wildman–Crippen LogP) is -4.30. The van der Waals surface area contributed by atoms with Crippen LogP contribution in [0.5, 0.6) is 0 Å². The SMILES string of the molecule is O=[N+]([O-])C12CC3C(Cl)C([N+](=O)[O-])(C[NH+]3C1)C2.[Cl-]. The minimum Gasteiger partial charge on any atom is -1.00 e. The second-order valence-electron chi connectivity index (χ2n) is 5.24. The van der Waals surface area contributed by atoms with Crippen LogP contribution in [-0.4, -0.2) is 45.4 Å². The number of hydrogen-bond acceptors (Lipinski definition) is 4. The summed E-state index contributed by atoms with van der Waals surface area (Å²) in [5.74, 6) is 0. The van der Waals surface area contributed by atoms with Crippen LogP contribution in [0.1, 0.15) is 12.8 Å². The number of rotatable bonds is 2. The molecule has 1 saturated carbocycles. The van der Waals surface area contributed by atoms with Crippen LogP contribution in [0.25, 0.3) is 0 Å². The zero-order chi connectivity index (χ0) is 11.7. The van der Waals surface area contributed by atoms with Gasteiger partial charge in [0.25, 0.3) is 11.1 Å². The molecule has 5 atom stereocenters. The number of nitrogens with one attached hydrogen (secondary N) is 1. The summed E-state index contributed by atoms with van der Waals surface area (Å²) in [7, 11) is 0. The number of quaternary nitrogens is 1. The lowest BCUT2D eigenvalue weighted by molar-refractivity contribution is -0.920. The van der Waals surface area contributed by atoms with Crippen molar-refractivity contribution in [3.8, 4) is 0 Å². The van der Waals surface area contributed by atoms with Crippen molar-refractivity contribution in [3.63, 3.8) is 0 Å². The number of piperidine rings is 1. The van der Waals surface area contributed by atoms with Gasteiger partial charge in [0.1, 0.15) is 19.0 Å². The minimum atomic E-state index is -1.27. The first-order chi connectivity index (χ1) is 7.41. The van der Waals surface area contributed by atoms with E-state index < -0.39 is 16.5 Å². The molecule has 9 heteroatoms. The quantitative estimate of drug-likeness (QED) is 0.315. The molecular formula is C8H11Cl2N3O4. The lowest BCUT2D eigenvalue weighted by Crippen LogP contribution is -3.14. The maximum absolute atomic E-state index is 11.2. The Labute approximate surface area is 108 Å². The summed E-state index contributed by atoms with van der Waals surface area (Å²) < 4.78 is 0. The Morgan fingerprint density at radius 1 is 1.24 bits per heavy atom. The van der Waals surface area contributed by atoms with Gasteiger partial charge in [-0.1, -0.05) is 0 Å². The third-order valence-electron chi connectivity index (χ3n) is 4.47. The number of halogens is 2. The van der Waals surface area contributed by atoms with Crippen LogP contribution in [0.4, 0.5) is 0 Å². The summed E-state index contributed by atoms with van der Waals surface area (Å²) in [6.07, 6.45) is 0.382. The Morgan fingerprint density at radius 2 is 1.88 bits per heavy atom. The number of nitro groups is 2. The van der Waals surface area contributed by atoms with E-state index in [1.807, 2.05) is 0 Å². The highest BCUT2D eigenvalue weighted by Crippen LogP contribution is 2.46. The van der Waals surface area contributed by atoms with Crippen LogP contribution in [0.3, 0.4) is 0 Å². The first kappa shape index (κ1) is 12.8. The second-order valence-corrected chi connectivity index (χ2v) is 5.71. The molecule has 3 heterocycles. The summed E-state index contributed by atoms with van der Waals surface area (Å²) in [6, 6.07) is -0.119. The van der Waals surface area contributed by atoms with Gasteiger partial charge in [0.15, 0.2) is 11.9 Å². The van der Waals surface area contributed by atoms with Gasteiger partial charge in [-0.3, -0.25) is 20.2 Å². The molecule has 1 aliphatic carbocycles. The van der Waals surface area contributed by atoms with Gasteiger partial charge in [-0.15, -0.1) is 11.6 Å². The Morgan fingerprint density at radius 3 is 2.35 bits per heavy atom. The fourth-order valence-corrected chi connectivity index (χ4v) is 4.35. The molecular weight excluding hydrogens is 273 g/mol. The van der Waals surface area contributed by atoms with E-state index in [-0.39, 0.29) is 34.7 Å². The summed E-state index contributed by atoms with van der Waals surface area (Å²) in [5.41, 5.74) is -2.37. The van der Waals surface area contributed by atoms with E-state index in [9.17, 15) is 20.2 Å². The molecule has 3 saturated heterocycles. The molecule has 7 nitrogen and oxygen atoms in total. The maximum atomic E-state index is 11.2. The van der Waals surface area contributed by atoms with Crippen LogP contribution < -0.4 is 17.3 Å². The van der Waals surface area contributed by atoms with E-state index in [2.05, 4.69) is 0 Å². The molecule has 4 bridgehead atoms. The number of hydrogen-bond donors (Lipinski definition) is 1. The Balaban J connectivity index is 0.00000108. The van der Waals surface area contributed by atoms with Crippen molar-refractivity contribution in [1.29, 1.82) is 0 Å². The van der Waals surface area contributed by atoms with Crippen molar-refractivity contribution in [2.45, 2.75) is 35.3 Å². The van der Waals surface area contributed by atoms with Crippen molar-refractivity contribution < 1.29 is 27.2 Å². The smallest absolute Gasteiger partial charge is 0.298 e. The average Bonchev–Trinajstić information content (AvgIpc) is 2.58. The Kier molecular flexibility index (Phi) is 2.58. The molecule has 0 spiro atoms. The highest BCUT2D eigenvalue weighted by atomic mass is 35.5. The van der Waals surface area contributed by atoms with Gasteiger partial charge < -0.3 is 17.3 Å². The van der Waals surface area contributed by atoms with Crippen LogP contribution in [0, 0.1) is 20.2 Å². The van der Waals surface area contributed by atoms with E-state index in [0.29, 0.717) is 19.5 Å². The van der Waals surface area contributed by atoms with Gasteiger partial charge >= 0.3 is 0 Å². The number of alkyl halides is 1. The molecule has 17 heavy (non-hydrogen) atoms. The third kappa shape index (κ3) is 1.27. The topological polar surface area (TPSA) is 90.7 Å². The molecule has 96 valence electrons. The fourth-order valence-electron chi connectivity index (χ4n) is 3.85. The molecule has 0 radical (unpaired) electrons. The van der Waals surface area contributed by atoms with Gasteiger partial charge in [-0.25, -0.2) is 0 Å². The van der Waals surface area contributed by atoms with Crippen molar-refractivity contribution in [2.75, 3.05) is 13.1 Å². The lowest BCUT2D eigenvalue weighted by Gasteiger charge is -2.32. The highest BCUT2D eigenvalue weighted by molar-refractivity contribution is 6.22. The third-order valence-corrected chi connectivity index (χ3v) is 5.18. The standard InChI is InChI=1S/C8H10ClN3O4.ClH/c9-6-5-1-7(11(13)14)2-8(6,12(15)16)4-10(5)3-7;/h5-6H,1-4H2;1H. The van der Waals surface area contributed by atoms with E-state index in [1.54, 1.807) is 0 Å². The van der Waals surface area contributed by atoms with Gasteiger partial charge in [0.05, 0.1) is 6.42 Å². The monoisotopic (exact) mass is 283 g/mol. The molecule has 4 aliphatic rings. The highest BCUT2D eigenvalue weighted by Gasteiger charge is 2.81. The first-order valence-corrected chi connectivity index (χ1v) is 5.63. The van der Waals surface area contributed by atoms with Crippen molar-refractivity contribution in [2.24, 2.45) is 0 Å². The molecule has 0 amide bonds. The predicted molar refractivity (Wildman–Crippen MR) is 52.8 cm³/mol. The summed E-state index contributed by atoms with van der Waals surface area (Å²) in [6.45, 7) is 0.734. The molecule has 4 rings (SSSR count). The lowest BCUT2D eigenvalue weighted by atomic mass is 9.72. The van der Waals surface area contributed by atoms with E-state index in [0.717, 1.165) is 4.90 Å². The van der Waals surface area contributed by atoms with Crippen LogP contribution in [0.2, 0.25) is 0 Å². The zero-order valence-corrected chi connectivity index (χ0v) is 10.3. The normalized spacial score (nSPS) is 50.1. The van der Waals surface area contributed by atoms with Crippen molar-refractivity contribution in [3.05, 3.63) is 20.2 Å². The van der Waals surface area contributed by atoms with Crippen molar-refractivity contribution in [1.82, 2.24) is 0 Å². The molecule has 0 aromatic rings. The van der Waals surface area contributed by atoms with E-state index in [1.165, 1.54) is 0 Å². The fraction of sp³-hybridized carbons (Fsp3) is 1.00. The summed E-state index contributed by atoms with van der Waals surface area (Å²) in [4.78, 5) is 22.5. The molecule has 1 N–H and O–H groups in total. The van der Waals surface area contributed by atoms with Crippen LogP contribution >= 0.6 is 11.6 Å². The van der Waals surface area contributed by atoms with E-state index in [4.69, 9.17) is 11.6 Å². The largest absolute Gasteiger partial charge is 1.00 e. The first-order valence-electron chi connectivity index (χ1n) is 5.19. The average molecular weight is 284 g/mol. The van der Waals surface area contributed by atoms with Gasteiger partial charge in [0, 0.05) is 9.85 Å². The Bertz CT molecular complexity index is 408. The summed E-state index contributed by atoms with van der Waals surface area (Å²) >= 11 is 6.13. The summed E-state index contributed by atoms with van der Waals surface area (Å²) in [5, 5.41) is 21.7. The van der Waals surface area contributed by atoms with Crippen LogP contribution in [0.15, 0.2) is 0 Å². The second kappa shape index (κ2) is 3.43. The maximum Gasteiger partial charge on any atom is 0.298 e. The van der Waals surface area contributed by atoms with E-state index >= 15 is 0 Å². The van der Waals surface area contributed by atoms with Crippen molar-refractivity contribution >= 4 is 11.6 Å². The Hall–Kier alpha value is -0.660. The van der Waals surface area contributed by atoms with Gasteiger partial charge in [-0.05, 0) is 0 Å². The van der Waals surface area contributed by atoms with Crippen LogP contribution in [-0.2, 0) is 0 Å². The molecule has 5 unspecified atom stereocenters. The molecule has 4 fully saturated rings. The molecule has 0 aromatic heterocycles.